The van der Waals surface area contributed by atoms with Crippen LogP contribution in [0.3, 0.4) is 0 Å². The molecule has 3 heteroatoms. The van der Waals surface area contributed by atoms with Crippen molar-refractivity contribution in [2.75, 3.05) is 26.4 Å². The van der Waals surface area contributed by atoms with E-state index in [1.54, 1.807) is 0 Å². The summed E-state index contributed by atoms with van der Waals surface area (Å²) in [5, 5.41) is 12.0. The first-order chi connectivity index (χ1) is 6.34. The van der Waals surface area contributed by atoms with Gasteiger partial charge in [0.2, 0.25) is 0 Å². The molecular weight excluding hydrogens is 166 g/mol. The standard InChI is InChI=1S/C10H21NO2/c1-9-3-2-4-10(9)11-5-7-13-8-6-12/h9-12H,2-8H2,1H3. The monoisotopic (exact) mass is 187 g/mol. The van der Waals surface area contributed by atoms with E-state index < -0.39 is 0 Å². The molecule has 13 heavy (non-hydrogen) atoms. The molecule has 0 aromatic rings. The Hall–Kier alpha value is -0.120. The molecule has 2 N–H and O–H groups in total. The number of hydrogen-bond donors (Lipinski definition) is 2. The molecule has 0 spiro atoms. The fraction of sp³-hybridized carbons (Fsp3) is 1.00. The minimum Gasteiger partial charge on any atom is -0.394 e. The van der Waals surface area contributed by atoms with Gasteiger partial charge in [-0.3, -0.25) is 0 Å². The van der Waals surface area contributed by atoms with Gasteiger partial charge in [-0.1, -0.05) is 13.3 Å². The van der Waals surface area contributed by atoms with E-state index in [0.29, 0.717) is 19.3 Å². The molecule has 2 atom stereocenters. The van der Waals surface area contributed by atoms with Gasteiger partial charge in [-0.2, -0.15) is 0 Å². The van der Waals surface area contributed by atoms with Crippen LogP contribution in [-0.2, 0) is 4.74 Å². The van der Waals surface area contributed by atoms with Crippen LogP contribution in [0.1, 0.15) is 26.2 Å². The van der Waals surface area contributed by atoms with Crippen molar-refractivity contribution in [1.29, 1.82) is 0 Å². The van der Waals surface area contributed by atoms with Crippen molar-refractivity contribution < 1.29 is 9.84 Å². The van der Waals surface area contributed by atoms with Crippen LogP contribution < -0.4 is 5.32 Å². The second kappa shape index (κ2) is 6.35. The predicted octanol–water partition coefficient (Wildman–Crippen LogP) is 0.774. The fourth-order valence-corrected chi connectivity index (χ4v) is 1.93. The van der Waals surface area contributed by atoms with Gasteiger partial charge in [0, 0.05) is 12.6 Å². The molecule has 1 aliphatic rings. The summed E-state index contributed by atoms with van der Waals surface area (Å²) < 4.78 is 5.17. The molecule has 2 unspecified atom stereocenters. The molecule has 1 saturated carbocycles. The highest BCUT2D eigenvalue weighted by Crippen LogP contribution is 2.24. The maximum absolute atomic E-state index is 8.47. The Morgan fingerprint density at radius 2 is 2.23 bits per heavy atom. The fourth-order valence-electron chi connectivity index (χ4n) is 1.93. The zero-order chi connectivity index (χ0) is 9.52. The van der Waals surface area contributed by atoms with E-state index in [1.165, 1.54) is 19.3 Å². The Labute approximate surface area is 80.5 Å². The van der Waals surface area contributed by atoms with Gasteiger partial charge in [-0.25, -0.2) is 0 Å². The Bertz CT molecular complexity index is 130. The maximum Gasteiger partial charge on any atom is 0.0698 e. The highest BCUT2D eigenvalue weighted by Gasteiger charge is 2.21. The van der Waals surface area contributed by atoms with Crippen LogP contribution >= 0.6 is 0 Å². The molecule has 3 nitrogen and oxygen atoms in total. The molecule has 1 aliphatic carbocycles. The van der Waals surface area contributed by atoms with Crippen LogP contribution in [0.2, 0.25) is 0 Å². The van der Waals surface area contributed by atoms with E-state index in [-0.39, 0.29) is 6.61 Å². The topological polar surface area (TPSA) is 41.5 Å². The lowest BCUT2D eigenvalue weighted by atomic mass is 10.1. The van der Waals surface area contributed by atoms with Gasteiger partial charge < -0.3 is 15.2 Å². The van der Waals surface area contributed by atoms with Crippen LogP contribution in [0.25, 0.3) is 0 Å². The van der Waals surface area contributed by atoms with Crippen molar-refractivity contribution >= 4 is 0 Å². The van der Waals surface area contributed by atoms with Gasteiger partial charge in [0.1, 0.15) is 0 Å². The summed E-state index contributed by atoms with van der Waals surface area (Å²) in [6, 6.07) is 0.692. The van der Waals surface area contributed by atoms with Crippen LogP contribution in [0.15, 0.2) is 0 Å². The smallest absolute Gasteiger partial charge is 0.0698 e. The van der Waals surface area contributed by atoms with Gasteiger partial charge in [0.05, 0.1) is 19.8 Å². The summed E-state index contributed by atoms with van der Waals surface area (Å²) in [7, 11) is 0. The molecule has 0 aromatic heterocycles. The highest BCUT2D eigenvalue weighted by atomic mass is 16.5. The van der Waals surface area contributed by atoms with E-state index in [0.717, 1.165) is 12.5 Å². The maximum atomic E-state index is 8.47. The molecule has 1 fully saturated rings. The van der Waals surface area contributed by atoms with Gasteiger partial charge in [-0.15, -0.1) is 0 Å². The lowest BCUT2D eigenvalue weighted by Crippen LogP contribution is -2.33. The SMILES string of the molecule is CC1CCCC1NCCOCCO. The van der Waals surface area contributed by atoms with Gasteiger partial charge >= 0.3 is 0 Å². The van der Waals surface area contributed by atoms with Crippen molar-refractivity contribution in [3.05, 3.63) is 0 Å². The molecule has 0 radical (unpaired) electrons. The van der Waals surface area contributed by atoms with Crippen molar-refractivity contribution in [1.82, 2.24) is 5.32 Å². The lowest BCUT2D eigenvalue weighted by Gasteiger charge is -2.16. The molecule has 0 aliphatic heterocycles. The average Bonchev–Trinajstić information content (AvgIpc) is 2.52. The third-order valence-corrected chi connectivity index (χ3v) is 2.75. The van der Waals surface area contributed by atoms with Crippen LogP contribution in [0.5, 0.6) is 0 Å². The zero-order valence-electron chi connectivity index (χ0n) is 8.46. The number of aliphatic hydroxyl groups is 1. The van der Waals surface area contributed by atoms with Crippen molar-refractivity contribution in [2.24, 2.45) is 5.92 Å². The normalized spacial score (nSPS) is 28.2. The van der Waals surface area contributed by atoms with Crippen molar-refractivity contribution in [3.8, 4) is 0 Å². The third kappa shape index (κ3) is 4.07. The van der Waals surface area contributed by atoms with E-state index in [2.05, 4.69) is 12.2 Å². The van der Waals surface area contributed by atoms with Crippen LogP contribution in [0, 0.1) is 5.92 Å². The minimum atomic E-state index is 0.125. The Balaban J connectivity index is 1.93. The first-order valence-corrected chi connectivity index (χ1v) is 5.26. The van der Waals surface area contributed by atoms with Crippen molar-refractivity contribution in [2.45, 2.75) is 32.2 Å². The van der Waals surface area contributed by atoms with Crippen LogP contribution in [-0.4, -0.2) is 37.5 Å². The number of ether oxygens (including phenoxy) is 1. The average molecular weight is 187 g/mol. The zero-order valence-corrected chi connectivity index (χ0v) is 8.46. The molecule has 0 heterocycles. The summed E-state index contributed by atoms with van der Waals surface area (Å²) in [6.07, 6.45) is 4.02. The first kappa shape index (κ1) is 11.0. The quantitative estimate of drug-likeness (QED) is 0.604. The number of hydrogen-bond acceptors (Lipinski definition) is 3. The lowest BCUT2D eigenvalue weighted by molar-refractivity contribution is 0.0920. The molecular formula is C10H21NO2. The number of rotatable bonds is 6. The summed E-state index contributed by atoms with van der Waals surface area (Å²) >= 11 is 0. The van der Waals surface area contributed by atoms with Gasteiger partial charge in [0.15, 0.2) is 0 Å². The molecule has 78 valence electrons. The molecule has 0 saturated heterocycles. The largest absolute Gasteiger partial charge is 0.394 e. The third-order valence-electron chi connectivity index (χ3n) is 2.75. The second-order valence-corrected chi connectivity index (χ2v) is 3.80. The molecule has 0 aromatic carbocycles. The van der Waals surface area contributed by atoms with E-state index in [9.17, 15) is 0 Å². The van der Waals surface area contributed by atoms with E-state index in [1.807, 2.05) is 0 Å². The summed E-state index contributed by atoms with van der Waals surface area (Å²) in [5.41, 5.74) is 0. The van der Waals surface area contributed by atoms with E-state index >= 15 is 0 Å². The predicted molar refractivity (Wildman–Crippen MR) is 52.7 cm³/mol. The van der Waals surface area contributed by atoms with Crippen molar-refractivity contribution in [3.63, 3.8) is 0 Å². The second-order valence-electron chi connectivity index (χ2n) is 3.80. The Morgan fingerprint density at radius 1 is 1.38 bits per heavy atom. The summed E-state index contributed by atoms with van der Waals surface area (Å²) in [4.78, 5) is 0. The molecule has 1 rings (SSSR count). The highest BCUT2D eigenvalue weighted by molar-refractivity contribution is 4.79. The Kier molecular flexibility index (Phi) is 5.35. The molecule has 0 bridgehead atoms. The Morgan fingerprint density at radius 3 is 2.85 bits per heavy atom. The first-order valence-electron chi connectivity index (χ1n) is 5.26. The summed E-state index contributed by atoms with van der Waals surface area (Å²) in [6.45, 7) is 4.51. The van der Waals surface area contributed by atoms with Crippen LogP contribution in [0.4, 0.5) is 0 Å². The van der Waals surface area contributed by atoms with Gasteiger partial charge in [-0.05, 0) is 18.8 Å². The van der Waals surface area contributed by atoms with E-state index in [4.69, 9.17) is 9.84 Å². The molecule has 0 amide bonds. The number of aliphatic hydroxyl groups excluding tert-OH is 1. The minimum absolute atomic E-state index is 0.125. The van der Waals surface area contributed by atoms with Gasteiger partial charge in [0.25, 0.3) is 0 Å². The number of nitrogens with one attached hydrogen (secondary N) is 1. The summed E-state index contributed by atoms with van der Waals surface area (Å²) in [5.74, 6) is 0.817.